The van der Waals surface area contributed by atoms with Crippen LogP contribution in [0.5, 0.6) is 17.2 Å². The predicted octanol–water partition coefficient (Wildman–Crippen LogP) is 7.29. The van der Waals surface area contributed by atoms with Crippen LogP contribution in [0.15, 0.2) is 132 Å². The zero-order valence-corrected chi connectivity index (χ0v) is 29.2. The Morgan fingerprint density at radius 3 is 1.90 bits per heavy atom. The number of aromatic carboxylic acids is 1. The van der Waals surface area contributed by atoms with E-state index < -0.39 is 23.0 Å². The number of benzene rings is 5. The Bertz CT molecular complexity index is 2090. The van der Waals surface area contributed by atoms with Gasteiger partial charge in [0.1, 0.15) is 16.7 Å². The number of thioether (sulfide) groups is 1. The van der Waals surface area contributed by atoms with Crippen LogP contribution in [0.4, 0.5) is 11.4 Å². The van der Waals surface area contributed by atoms with Crippen LogP contribution in [-0.4, -0.2) is 50.1 Å². The topological polar surface area (TPSA) is 152 Å². The second-order valence-corrected chi connectivity index (χ2v) is 12.3. The molecule has 11 nitrogen and oxygen atoms in total. The monoisotopic (exact) mass is 717 g/mol. The quantitative estimate of drug-likeness (QED) is 0.0685. The van der Waals surface area contributed by atoms with Gasteiger partial charge in [-0.15, -0.1) is 11.8 Å². The van der Waals surface area contributed by atoms with Gasteiger partial charge in [0.05, 0.1) is 26.9 Å². The SMILES string of the molecule is COc1cc(OC)c(OC)cc1/C=C(\NC(=O)c1ccccc1)C(=O)Nc1ccc(SC(C(=O)Nc2cccc(C(=O)O)c2)c2ccccc2)cc1. The van der Waals surface area contributed by atoms with Crippen molar-refractivity contribution in [1.82, 2.24) is 5.32 Å². The zero-order chi connectivity index (χ0) is 37.0. The molecule has 5 aromatic rings. The summed E-state index contributed by atoms with van der Waals surface area (Å²) in [6.45, 7) is 0. The summed E-state index contributed by atoms with van der Waals surface area (Å²) in [6, 6.07) is 33.9. The van der Waals surface area contributed by atoms with Gasteiger partial charge in [-0.2, -0.15) is 0 Å². The van der Waals surface area contributed by atoms with Crippen LogP contribution in [0.2, 0.25) is 0 Å². The number of carbonyl (C=O) groups excluding carboxylic acids is 3. The van der Waals surface area contributed by atoms with Gasteiger partial charge in [-0.3, -0.25) is 14.4 Å². The van der Waals surface area contributed by atoms with Gasteiger partial charge in [0.25, 0.3) is 11.8 Å². The van der Waals surface area contributed by atoms with Crippen molar-refractivity contribution in [2.24, 2.45) is 0 Å². The smallest absolute Gasteiger partial charge is 0.335 e. The molecule has 0 saturated heterocycles. The Labute approximate surface area is 304 Å². The first-order valence-corrected chi connectivity index (χ1v) is 16.7. The summed E-state index contributed by atoms with van der Waals surface area (Å²) in [5.41, 5.74) is 2.33. The first-order chi connectivity index (χ1) is 25.2. The molecule has 4 N–H and O–H groups in total. The fourth-order valence-electron chi connectivity index (χ4n) is 5.05. The second kappa shape index (κ2) is 17.4. The molecule has 3 amide bonds. The molecule has 5 rings (SSSR count). The molecule has 1 atom stereocenters. The maximum absolute atomic E-state index is 13.8. The number of hydrogen-bond donors (Lipinski definition) is 4. The number of hydrogen-bond acceptors (Lipinski definition) is 8. The highest BCUT2D eigenvalue weighted by atomic mass is 32.2. The zero-order valence-electron chi connectivity index (χ0n) is 28.4. The average Bonchev–Trinajstić information content (AvgIpc) is 3.17. The van der Waals surface area contributed by atoms with Crippen LogP contribution >= 0.6 is 11.8 Å². The number of carboxylic acid groups (broad SMARTS) is 1. The van der Waals surface area contributed by atoms with E-state index in [9.17, 15) is 24.3 Å². The van der Waals surface area contributed by atoms with E-state index >= 15 is 0 Å². The van der Waals surface area contributed by atoms with Crippen molar-refractivity contribution < 1.29 is 38.5 Å². The van der Waals surface area contributed by atoms with E-state index in [1.165, 1.54) is 51.3 Å². The summed E-state index contributed by atoms with van der Waals surface area (Å²) < 4.78 is 16.4. The van der Waals surface area contributed by atoms with E-state index in [0.717, 1.165) is 10.5 Å². The molecular formula is C40H35N3O8S. The number of rotatable bonds is 14. The first kappa shape index (κ1) is 36.7. The minimum Gasteiger partial charge on any atom is -0.496 e. The van der Waals surface area contributed by atoms with E-state index in [1.54, 1.807) is 78.9 Å². The highest BCUT2D eigenvalue weighted by Gasteiger charge is 2.23. The summed E-state index contributed by atoms with van der Waals surface area (Å²) in [5.74, 6) is -1.34. The van der Waals surface area contributed by atoms with Crippen molar-refractivity contribution in [2.45, 2.75) is 10.1 Å². The van der Waals surface area contributed by atoms with Gasteiger partial charge < -0.3 is 35.3 Å². The van der Waals surface area contributed by atoms with Crippen molar-refractivity contribution >= 4 is 52.9 Å². The molecule has 264 valence electrons. The van der Waals surface area contributed by atoms with Crippen LogP contribution in [0.3, 0.4) is 0 Å². The van der Waals surface area contributed by atoms with E-state index in [2.05, 4.69) is 16.0 Å². The van der Waals surface area contributed by atoms with E-state index in [0.29, 0.717) is 39.8 Å². The molecule has 1 unspecified atom stereocenters. The lowest BCUT2D eigenvalue weighted by atomic mass is 10.1. The molecule has 0 radical (unpaired) electrons. The lowest BCUT2D eigenvalue weighted by Gasteiger charge is -2.18. The molecule has 0 aliphatic carbocycles. The normalized spacial score (nSPS) is 11.5. The standard InChI is InChI=1S/C40H35N3O8S/c1-49-33-24-35(51-3)34(50-2)23-28(33)22-32(43-37(44)26-13-8-5-9-14-26)38(45)41-29-17-19-31(20-18-29)52-36(25-11-6-4-7-12-25)39(46)42-30-16-10-15-27(21-30)40(47)48/h4-24,36H,1-3H3,(H,41,45)(H,42,46)(H,43,44)(H,47,48)/b32-22-. The summed E-state index contributed by atoms with van der Waals surface area (Å²) in [7, 11) is 4.46. The second-order valence-electron chi connectivity index (χ2n) is 11.1. The fourth-order valence-corrected chi connectivity index (χ4v) is 6.08. The third-order valence-corrected chi connectivity index (χ3v) is 8.91. The third kappa shape index (κ3) is 9.37. The number of carbonyl (C=O) groups is 4. The Hall–Kier alpha value is -6.53. The van der Waals surface area contributed by atoms with Crippen molar-refractivity contribution in [3.8, 4) is 17.2 Å². The van der Waals surface area contributed by atoms with Gasteiger partial charge in [0.2, 0.25) is 5.91 Å². The number of methoxy groups -OCH3 is 3. The molecule has 5 aromatic carbocycles. The van der Waals surface area contributed by atoms with Crippen LogP contribution < -0.4 is 30.2 Å². The van der Waals surface area contributed by atoms with Crippen molar-refractivity contribution in [3.63, 3.8) is 0 Å². The molecule has 0 heterocycles. The van der Waals surface area contributed by atoms with Crippen molar-refractivity contribution in [3.05, 3.63) is 149 Å². The van der Waals surface area contributed by atoms with Gasteiger partial charge in [0, 0.05) is 33.5 Å². The summed E-state index contributed by atoms with van der Waals surface area (Å²) in [4.78, 5) is 52.7. The predicted molar refractivity (Wildman–Crippen MR) is 200 cm³/mol. The van der Waals surface area contributed by atoms with Gasteiger partial charge in [-0.1, -0.05) is 54.6 Å². The molecule has 52 heavy (non-hydrogen) atoms. The number of carboxylic acids is 1. The molecule has 0 aromatic heterocycles. The largest absolute Gasteiger partial charge is 0.496 e. The molecular weight excluding hydrogens is 683 g/mol. The first-order valence-electron chi connectivity index (χ1n) is 15.8. The van der Waals surface area contributed by atoms with Gasteiger partial charge in [-0.05, 0) is 72.3 Å². The lowest BCUT2D eigenvalue weighted by molar-refractivity contribution is -0.116. The molecule has 0 bridgehead atoms. The number of amides is 3. The molecule has 0 spiro atoms. The number of nitrogens with one attached hydrogen (secondary N) is 3. The highest BCUT2D eigenvalue weighted by molar-refractivity contribution is 8.00. The Morgan fingerprint density at radius 1 is 0.654 bits per heavy atom. The van der Waals surface area contributed by atoms with Crippen LogP contribution in [0, 0.1) is 0 Å². The fraction of sp³-hybridized carbons (Fsp3) is 0.100. The van der Waals surface area contributed by atoms with Crippen LogP contribution in [0.1, 0.15) is 37.1 Å². The molecule has 0 aliphatic heterocycles. The summed E-state index contributed by atoms with van der Waals surface area (Å²) >= 11 is 1.29. The Kier molecular flexibility index (Phi) is 12.3. The number of ether oxygens (including phenoxy) is 3. The maximum atomic E-state index is 13.8. The Balaban J connectivity index is 1.38. The van der Waals surface area contributed by atoms with Gasteiger partial charge >= 0.3 is 5.97 Å². The highest BCUT2D eigenvalue weighted by Crippen LogP contribution is 2.38. The van der Waals surface area contributed by atoms with Crippen LogP contribution in [0.25, 0.3) is 6.08 Å². The number of anilines is 2. The molecule has 0 fully saturated rings. The molecule has 0 aliphatic rings. The summed E-state index contributed by atoms with van der Waals surface area (Å²) in [5, 5.41) is 17.1. The van der Waals surface area contributed by atoms with Gasteiger partial charge in [-0.25, -0.2) is 4.79 Å². The van der Waals surface area contributed by atoms with Gasteiger partial charge in [0.15, 0.2) is 11.5 Å². The lowest BCUT2D eigenvalue weighted by Crippen LogP contribution is -2.30. The minimum absolute atomic E-state index is 0.0554. The van der Waals surface area contributed by atoms with E-state index in [4.69, 9.17) is 14.2 Å². The molecule has 0 saturated carbocycles. The maximum Gasteiger partial charge on any atom is 0.335 e. The third-order valence-electron chi connectivity index (χ3n) is 7.65. The van der Waals surface area contributed by atoms with Crippen LogP contribution in [-0.2, 0) is 9.59 Å². The van der Waals surface area contributed by atoms with Crippen molar-refractivity contribution in [2.75, 3.05) is 32.0 Å². The minimum atomic E-state index is -1.10. The van der Waals surface area contributed by atoms with Crippen molar-refractivity contribution in [1.29, 1.82) is 0 Å². The Morgan fingerprint density at radius 2 is 1.27 bits per heavy atom. The average molecular weight is 718 g/mol. The summed E-state index contributed by atoms with van der Waals surface area (Å²) in [6.07, 6.45) is 1.48. The van der Waals surface area contributed by atoms with E-state index in [1.807, 2.05) is 30.3 Å². The van der Waals surface area contributed by atoms with E-state index in [-0.39, 0.29) is 17.2 Å². The molecule has 12 heteroatoms.